The van der Waals surface area contributed by atoms with Gasteiger partial charge in [0.05, 0.1) is 5.02 Å². The van der Waals surface area contributed by atoms with Crippen LogP contribution in [0.15, 0.2) is 36.9 Å². The number of nitrogens with one attached hydrogen (secondary N) is 1. The highest BCUT2D eigenvalue weighted by molar-refractivity contribution is 6.30. The number of hydrogen-bond acceptors (Lipinski definition) is 3. The van der Waals surface area contributed by atoms with E-state index >= 15 is 0 Å². The first-order chi connectivity index (χ1) is 8.25. The second-order valence-corrected chi connectivity index (χ2v) is 4.01. The van der Waals surface area contributed by atoms with Crippen molar-refractivity contribution in [3.63, 3.8) is 0 Å². The van der Waals surface area contributed by atoms with Gasteiger partial charge in [-0.25, -0.2) is 14.4 Å². The summed E-state index contributed by atoms with van der Waals surface area (Å²) in [5.41, 5.74) is 1.94. The van der Waals surface area contributed by atoms with Crippen LogP contribution in [0.1, 0.15) is 11.1 Å². The Morgan fingerprint density at radius 1 is 1.12 bits per heavy atom. The van der Waals surface area contributed by atoms with Crippen molar-refractivity contribution in [2.75, 3.05) is 0 Å². The quantitative estimate of drug-likeness (QED) is 0.908. The standard InChI is InChI=1S/C12H11ClFN3/c13-11-3-9(1-2-12(11)14)4-15-5-10-6-16-8-17-7-10/h1-3,6-8,15H,4-5H2. The van der Waals surface area contributed by atoms with Crippen molar-refractivity contribution >= 4 is 11.6 Å². The van der Waals surface area contributed by atoms with Gasteiger partial charge in [-0.2, -0.15) is 0 Å². The summed E-state index contributed by atoms with van der Waals surface area (Å²) in [6.07, 6.45) is 4.98. The van der Waals surface area contributed by atoms with E-state index in [-0.39, 0.29) is 5.02 Å². The average molecular weight is 252 g/mol. The Balaban J connectivity index is 1.88. The largest absolute Gasteiger partial charge is 0.309 e. The van der Waals surface area contributed by atoms with Crippen molar-refractivity contribution in [2.24, 2.45) is 0 Å². The van der Waals surface area contributed by atoms with E-state index in [1.807, 2.05) is 0 Å². The van der Waals surface area contributed by atoms with Crippen LogP contribution >= 0.6 is 11.6 Å². The number of rotatable bonds is 4. The molecule has 0 radical (unpaired) electrons. The maximum Gasteiger partial charge on any atom is 0.141 e. The molecule has 0 amide bonds. The van der Waals surface area contributed by atoms with E-state index in [0.717, 1.165) is 11.1 Å². The lowest BCUT2D eigenvalue weighted by Crippen LogP contribution is -2.13. The lowest BCUT2D eigenvalue weighted by atomic mass is 10.2. The predicted molar refractivity (Wildman–Crippen MR) is 64.0 cm³/mol. The van der Waals surface area contributed by atoms with Crippen LogP contribution in [0.4, 0.5) is 4.39 Å². The van der Waals surface area contributed by atoms with Gasteiger partial charge in [-0.15, -0.1) is 0 Å². The topological polar surface area (TPSA) is 37.8 Å². The number of benzene rings is 1. The van der Waals surface area contributed by atoms with Gasteiger partial charge in [0.25, 0.3) is 0 Å². The molecule has 0 aliphatic heterocycles. The zero-order valence-corrected chi connectivity index (χ0v) is 9.78. The Morgan fingerprint density at radius 2 is 1.82 bits per heavy atom. The molecule has 88 valence electrons. The summed E-state index contributed by atoms with van der Waals surface area (Å²) in [5.74, 6) is -0.396. The van der Waals surface area contributed by atoms with Crippen molar-refractivity contribution in [1.29, 1.82) is 0 Å². The number of aromatic nitrogens is 2. The molecule has 1 N–H and O–H groups in total. The molecule has 17 heavy (non-hydrogen) atoms. The van der Waals surface area contributed by atoms with Crippen LogP contribution < -0.4 is 5.32 Å². The summed E-state index contributed by atoms with van der Waals surface area (Å²) in [5, 5.41) is 3.35. The molecule has 3 nitrogen and oxygen atoms in total. The molecule has 5 heteroatoms. The van der Waals surface area contributed by atoms with Gasteiger partial charge < -0.3 is 5.32 Å². The minimum atomic E-state index is -0.396. The van der Waals surface area contributed by atoms with E-state index in [4.69, 9.17) is 11.6 Å². The second-order valence-electron chi connectivity index (χ2n) is 3.60. The maximum absolute atomic E-state index is 12.9. The van der Waals surface area contributed by atoms with Crippen molar-refractivity contribution in [1.82, 2.24) is 15.3 Å². The highest BCUT2D eigenvalue weighted by Crippen LogP contribution is 2.15. The van der Waals surface area contributed by atoms with Crippen LogP contribution in [0.3, 0.4) is 0 Å². The molecule has 1 heterocycles. The Morgan fingerprint density at radius 3 is 2.53 bits per heavy atom. The molecule has 1 aromatic heterocycles. The molecule has 0 saturated heterocycles. The predicted octanol–water partition coefficient (Wildman–Crippen LogP) is 2.56. The fourth-order valence-corrected chi connectivity index (χ4v) is 1.63. The third-order valence-corrected chi connectivity index (χ3v) is 2.55. The molecule has 0 unspecified atom stereocenters. The summed E-state index contributed by atoms with van der Waals surface area (Å²) >= 11 is 5.69. The third-order valence-electron chi connectivity index (χ3n) is 2.26. The average Bonchev–Trinajstić information content (AvgIpc) is 2.35. The monoisotopic (exact) mass is 251 g/mol. The molecule has 1 aromatic carbocycles. The van der Waals surface area contributed by atoms with Gasteiger partial charge in [-0.1, -0.05) is 17.7 Å². The first-order valence-electron chi connectivity index (χ1n) is 5.14. The van der Waals surface area contributed by atoms with Gasteiger partial charge in [-0.3, -0.25) is 0 Å². The van der Waals surface area contributed by atoms with Crippen molar-refractivity contribution in [2.45, 2.75) is 13.1 Å². The van der Waals surface area contributed by atoms with Gasteiger partial charge in [-0.05, 0) is 17.7 Å². The zero-order valence-electron chi connectivity index (χ0n) is 9.03. The van der Waals surface area contributed by atoms with E-state index in [0.29, 0.717) is 13.1 Å². The van der Waals surface area contributed by atoms with Crippen molar-refractivity contribution in [3.05, 3.63) is 58.9 Å². The van der Waals surface area contributed by atoms with Crippen LogP contribution in [0.2, 0.25) is 5.02 Å². The van der Waals surface area contributed by atoms with Gasteiger partial charge in [0.1, 0.15) is 12.1 Å². The zero-order chi connectivity index (χ0) is 12.1. The number of halogens is 2. The van der Waals surface area contributed by atoms with Gasteiger partial charge >= 0.3 is 0 Å². The second kappa shape index (κ2) is 5.70. The van der Waals surface area contributed by atoms with Crippen LogP contribution in [0, 0.1) is 5.82 Å². The molecule has 0 saturated carbocycles. The number of nitrogens with zero attached hydrogens (tertiary/aromatic N) is 2. The fourth-order valence-electron chi connectivity index (χ4n) is 1.42. The summed E-state index contributed by atoms with van der Waals surface area (Å²) in [6.45, 7) is 1.28. The molecule has 2 aromatic rings. The van der Waals surface area contributed by atoms with Crippen LogP contribution in [0.25, 0.3) is 0 Å². The molecule has 2 rings (SSSR count). The highest BCUT2D eigenvalue weighted by Gasteiger charge is 2.00. The SMILES string of the molecule is Fc1ccc(CNCc2cncnc2)cc1Cl. The molecule has 0 spiro atoms. The van der Waals surface area contributed by atoms with E-state index < -0.39 is 5.82 Å². The third kappa shape index (κ3) is 3.47. The van der Waals surface area contributed by atoms with Crippen molar-refractivity contribution < 1.29 is 4.39 Å². The molecule has 0 atom stereocenters. The van der Waals surface area contributed by atoms with E-state index in [1.54, 1.807) is 24.5 Å². The highest BCUT2D eigenvalue weighted by atomic mass is 35.5. The molecule has 0 fully saturated rings. The van der Waals surface area contributed by atoms with Gasteiger partial charge in [0, 0.05) is 31.0 Å². The first-order valence-corrected chi connectivity index (χ1v) is 5.52. The van der Waals surface area contributed by atoms with Crippen LogP contribution in [0.5, 0.6) is 0 Å². The molecular formula is C12H11ClFN3. The Kier molecular flexibility index (Phi) is 4.01. The summed E-state index contributed by atoms with van der Waals surface area (Å²) < 4.78 is 12.9. The Labute approximate surface area is 104 Å². The van der Waals surface area contributed by atoms with Crippen LogP contribution in [-0.2, 0) is 13.1 Å². The first kappa shape index (κ1) is 12.0. The lowest BCUT2D eigenvalue weighted by Gasteiger charge is -2.05. The smallest absolute Gasteiger partial charge is 0.141 e. The summed E-state index contributed by atoms with van der Waals surface area (Å²) in [6, 6.07) is 4.69. The van der Waals surface area contributed by atoms with Crippen LogP contribution in [-0.4, -0.2) is 9.97 Å². The lowest BCUT2D eigenvalue weighted by molar-refractivity contribution is 0.625. The fraction of sp³-hybridized carbons (Fsp3) is 0.167. The van der Waals surface area contributed by atoms with Gasteiger partial charge in [0.2, 0.25) is 0 Å². The minimum absolute atomic E-state index is 0.146. The molecular weight excluding hydrogens is 241 g/mol. The maximum atomic E-state index is 12.9. The van der Waals surface area contributed by atoms with E-state index in [1.165, 1.54) is 12.4 Å². The molecule has 0 aliphatic carbocycles. The molecule has 0 aliphatic rings. The molecule has 0 bridgehead atoms. The van der Waals surface area contributed by atoms with Crippen molar-refractivity contribution in [3.8, 4) is 0 Å². The Hall–Kier alpha value is -1.52. The summed E-state index contributed by atoms with van der Waals surface area (Å²) in [7, 11) is 0. The Bertz CT molecular complexity index is 490. The summed E-state index contributed by atoms with van der Waals surface area (Å²) in [4.78, 5) is 7.83. The number of hydrogen-bond donors (Lipinski definition) is 1. The van der Waals surface area contributed by atoms with Gasteiger partial charge in [0.15, 0.2) is 0 Å². The normalized spacial score (nSPS) is 10.5. The van der Waals surface area contributed by atoms with E-state index in [9.17, 15) is 4.39 Å². The minimum Gasteiger partial charge on any atom is -0.309 e. The van der Waals surface area contributed by atoms with E-state index in [2.05, 4.69) is 15.3 Å².